The Morgan fingerprint density at radius 1 is 1.32 bits per heavy atom. The van der Waals surface area contributed by atoms with Gasteiger partial charge >= 0.3 is 0 Å². The minimum absolute atomic E-state index is 0.189. The molecule has 128 valence electrons. The van der Waals surface area contributed by atoms with Gasteiger partial charge in [-0.3, -0.25) is 4.79 Å². The molecule has 1 saturated heterocycles. The molecule has 1 aliphatic heterocycles. The van der Waals surface area contributed by atoms with E-state index in [-0.39, 0.29) is 5.91 Å². The van der Waals surface area contributed by atoms with Crippen LogP contribution in [-0.4, -0.2) is 29.0 Å². The number of hydrogen-bond acceptors (Lipinski definition) is 6. The normalized spacial score (nSPS) is 15.2. The Balaban J connectivity index is 1.47. The third-order valence-corrected chi connectivity index (χ3v) is 5.29. The van der Waals surface area contributed by atoms with Crippen molar-refractivity contribution in [3.63, 3.8) is 0 Å². The highest BCUT2D eigenvalue weighted by molar-refractivity contribution is 7.09. The van der Waals surface area contributed by atoms with E-state index in [2.05, 4.69) is 20.6 Å². The monoisotopic (exact) mass is 354 g/mol. The van der Waals surface area contributed by atoms with Gasteiger partial charge in [0.2, 0.25) is 0 Å². The van der Waals surface area contributed by atoms with Gasteiger partial charge in [-0.05, 0) is 38.1 Å². The van der Waals surface area contributed by atoms with E-state index in [1.807, 2.05) is 29.6 Å². The summed E-state index contributed by atoms with van der Waals surface area (Å²) in [7, 11) is 0. The number of thiazole rings is 1. The highest BCUT2D eigenvalue weighted by atomic mass is 32.1. The molecule has 0 atom stereocenters. The highest BCUT2D eigenvalue weighted by Gasteiger charge is 2.20. The quantitative estimate of drug-likeness (QED) is 0.749. The van der Waals surface area contributed by atoms with E-state index < -0.39 is 0 Å². The van der Waals surface area contributed by atoms with Gasteiger partial charge in [0.1, 0.15) is 5.69 Å². The number of benzene rings is 1. The van der Waals surface area contributed by atoms with E-state index in [0.717, 1.165) is 36.5 Å². The zero-order chi connectivity index (χ0) is 17.1. The van der Waals surface area contributed by atoms with Crippen LogP contribution in [0.5, 0.6) is 0 Å². The van der Waals surface area contributed by atoms with E-state index in [9.17, 15) is 4.79 Å². The fourth-order valence-electron chi connectivity index (χ4n) is 2.95. The third kappa shape index (κ3) is 3.62. The van der Waals surface area contributed by atoms with Crippen molar-refractivity contribution in [1.29, 1.82) is 0 Å². The average molecular weight is 354 g/mol. The van der Waals surface area contributed by atoms with Crippen LogP contribution in [0.15, 0.2) is 46.7 Å². The van der Waals surface area contributed by atoms with Crippen molar-refractivity contribution in [2.45, 2.75) is 18.8 Å². The van der Waals surface area contributed by atoms with Crippen molar-refractivity contribution in [2.75, 3.05) is 18.4 Å². The summed E-state index contributed by atoms with van der Waals surface area (Å²) >= 11 is 1.57. The first-order valence-electron chi connectivity index (χ1n) is 8.26. The zero-order valence-electron chi connectivity index (χ0n) is 13.6. The topological polar surface area (TPSA) is 80.0 Å². The molecule has 2 aromatic heterocycles. The lowest BCUT2D eigenvalue weighted by Gasteiger charge is -2.20. The molecule has 1 amide bonds. The molecular formula is C18H18N4O2S. The summed E-state index contributed by atoms with van der Waals surface area (Å²) in [5.41, 5.74) is 2.04. The van der Waals surface area contributed by atoms with E-state index in [1.165, 1.54) is 6.39 Å². The number of nitrogens with zero attached hydrogens (tertiary/aromatic N) is 2. The zero-order valence-corrected chi connectivity index (χ0v) is 14.4. The summed E-state index contributed by atoms with van der Waals surface area (Å²) in [5.74, 6) is 0.937. The Morgan fingerprint density at radius 3 is 3.00 bits per heavy atom. The summed E-state index contributed by atoms with van der Waals surface area (Å²) in [6, 6.07) is 7.49. The summed E-state index contributed by atoms with van der Waals surface area (Å²) in [4.78, 5) is 21.0. The predicted octanol–water partition coefficient (Wildman–Crippen LogP) is 3.52. The van der Waals surface area contributed by atoms with Crippen LogP contribution in [-0.2, 0) is 0 Å². The fraction of sp³-hybridized carbons (Fsp3) is 0.278. The Kier molecular flexibility index (Phi) is 4.58. The molecule has 1 aliphatic rings. The van der Waals surface area contributed by atoms with Crippen molar-refractivity contribution in [1.82, 2.24) is 15.3 Å². The molecule has 25 heavy (non-hydrogen) atoms. The lowest BCUT2D eigenvalue weighted by molar-refractivity contribution is 0.102. The largest absolute Gasteiger partial charge is 0.444 e. The molecule has 1 fully saturated rings. The number of carbonyl (C=O) groups is 1. The van der Waals surface area contributed by atoms with Gasteiger partial charge in [0.15, 0.2) is 12.2 Å². The molecule has 0 spiro atoms. The van der Waals surface area contributed by atoms with Crippen molar-refractivity contribution in [3.05, 3.63) is 52.9 Å². The molecule has 0 unspecified atom stereocenters. The van der Waals surface area contributed by atoms with Crippen LogP contribution < -0.4 is 10.6 Å². The van der Waals surface area contributed by atoms with Gasteiger partial charge in [0, 0.05) is 22.5 Å². The minimum Gasteiger partial charge on any atom is -0.444 e. The lowest BCUT2D eigenvalue weighted by atomic mass is 9.99. The second-order valence-electron chi connectivity index (χ2n) is 6.00. The van der Waals surface area contributed by atoms with E-state index in [4.69, 9.17) is 4.42 Å². The summed E-state index contributed by atoms with van der Waals surface area (Å²) in [5, 5.41) is 9.15. The Bertz CT molecular complexity index is 854. The van der Waals surface area contributed by atoms with E-state index >= 15 is 0 Å². The van der Waals surface area contributed by atoms with Crippen molar-refractivity contribution < 1.29 is 9.21 Å². The molecule has 1 aromatic carbocycles. The van der Waals surface area contributed by atoms with Gasteiger partial charge < -0.3 is 15.1 Å². The first-order valence-corrected chi connectivity index (χ1v) is 9.14. The smallest absolute Gasteiger partial charge is 0.275 e. The van der Waals surface area contributed by atoms with Crippen LogP contribution in [0.25, 0.3) is 11.3 Å². The Labute approximate surface area is 149 Å². The SMILES string of the molecule is O=C(Nc1cccc(-c2cnco2)c1)c1csc(C2CCNCC2)n1. The number of nitrogens with one attached hydrogen (secondary N) is 2. The lowest BCUT2D eigenvalue weighted by Crippen LogP contribution is -2.26. The summed E-state index contributed by atoms with van der Waals surface area (Å²) in [6.07, 6.45) is 5.19. The van der Waals surface area contributed by atoms with Crippen LogP contribution in [0, 0.1) is 0 Å². The summed E-state index contributed by atoms with van der Waals surface area (Å²) in [6.45, 7) is 2.03. The highest BCUT2D eigenvalue weighted by Crippen LogP contribution is 2.28. The van der Waals surface area contributed by atoms with Gasteiger partial charge in [0.25, 0.3) is 5.91 Å². The number of aromatic nitrogens is 2. The maximum absolute atomic E-state index is 12.5. The first kappa shape index (κ1) is 16.0. The van der Waals surface area contributed by atoms with Gasteiger partial charge in [-0.2, -0.15) is 0 Å². The standard InChI is InChI=1S/C18H18N4O2S/c23-17(15-10-25-18(22-15)12-4-6-19-7-5-12)21-14-3-1-2-13(8-14)16-9-20-11-24-16/h1-3,8-12,19H,4-7H2,(H,21,23). The van der Waals surface area contributed by atoms with Gasteiger partial charge in [-0.15, -0.1) is 11.3 Å². The van der Waals surface area contributed by atoms with Gasteiger partial charge in [-0.25, -0.2) is 9.97 Å². The predicted molar refractivity (Wildman–Crippen MR) is 96.9 cm³/mol. The molecule has 0 aliphatic carbocycles. The summed E-state index contributed by atoms with van der Waals surface area (Å²) < 4.78 is 5.30. The van der Waals surface area contributed by atoms with Crippen LogP contribution in [0.2, 0.25) is 0 Å². The van der Waals surface area contributed by atoms with Crippen LogP contribution in [0.4, 0.5) is 5.69 Å². The van der Waals surface area contributed by atoms with Crippen LogP contribution >= 0.6 is 11.3 Å². The molecule has 3 aromatic rings. The van der Waals surface area contributed by atoms with Crippen LogP contribution in [0.1, 0.15) is 34.3 Å². The fourth-order valence-corrected chi connectivity index (χ4v) is 3.92. The molecule has 0 bridgehead atoms. The van der Waals surface area contributed by atoms with E-state index in [1.54, 1.807) is 17.5 Å². The van der Waals surface area contributed by atoms with Crippen LogP contribution in [0.3, 0.4) is 0 Å². The van der Waals surface area contributed by atoms with Crippen molar-refractivity contribution in [3.8, 4) is 11.3 Å². The molecule has 2 N–H and O–H groups in total. The molecular weight excluding hydrogens is 336 g/mol. The van der Waals surface area contributed by atoms with E-state index in [0.29, 0.717) is 23.1 Å². The average Bonchev–Trinajstić information content (AvgIpc) is 3.35. The minimum atomic E-state index is -0.189. The molecule has 3 heterocycles. The number of hydrogen-bond donors (Lipinski definition) is 2. The molecule has 0 saturated carbocycles. The second kappa shape index (κ2) is 7.16. The number of piperidine rings is 1. The number of amides is 1. The maximum Gasteiger partial charge on any atom is 0.275 e. The number of rotatable bonds is 4. The van der Waals surface area contributed by atoms with Crippen molar-refractivity contribution in [2.24, 2.45) is 0 Å². The molecule has 7 heteroatoms. The number of carbonyl (C=O) groups excluding carboxylic acids is 1. The molecule has 0 radical (unpaired) electrons. The Hall–Kier alpha value is -2.51. The second-order valence-corrected chi connectivity index (χ2v) is 6.89. The third-order valence-electron chi connectivity index (χ3n) is 4.28. The molecule has 6 nitrogen and oxygen atoms in total. The number of anilines is 1. The molecule has 4 rings (SSSR count). The van der Waals surface area contributed by atoms with Crippen molar-refractivity contribution >= 4 is 22.9 Å². The Morgan fingerprint density at radius 2 is 2.20 bits per heavy atom. The number of oxazole rings is 1. The first-order chi connectivity index (χ1) is 12.3. The van der Waals surface area contributed by atoms with Gasteiger partial charge in [-0.1, -0.05) is 12.1 Å². The maximum atomic E-state index is 12.5. The van der Waals surface area contributed by atoms with Gasteiger partial charge in [0.05, 0.1) is 11.2 Å².